The van der Waals surface area contributed by atoms with Gasteiger partial charge in [-0.15, -0.1) is 11.3 Å². The topological polar surface area (TPSA) is 81.6 Å². The Morgan fingerprint density at radius 3 is 2.95 bits per heavy atom. The maximum Gasteiger partial charge on any atom is 0.239 e. The van der Waals surface area contributed by atoms with Crippen LogP contribution in [0.15, 0.2) is 27.6 Å². The second-order valence-corrected chi connectivity index (χ2v) is 5.89. The third-order valence-electron chi connectivity index (χ3n) is 2.58. The standard InChI is InChI=1S/C11H12N6S2/c1-6-5-8(17(2)16-6)19-10-7-3-4-18-9(7)13-11(14-10)15-12/h3-5H,12H2,1-2H3,(H,13,14,15). The minimum Gasteiger partial charge on any atom is -0.292 e. The van der Waals surface area contributed by atoms with Crippen molar-refractivity contribution in [1.29, 1.82) is 0 Å². The smallest absolute Gasteiger partial charge is 0.239 e. The summed E-state index contributed by atoms with van der Waals surface area (Å²) in [6.45, 7) is 1.97. The molecule has 0 aliphatic heterocycles. The van der Waals surface area contributed by atoms with Crippen molar-refractivity contribution in [2.24, 2.45) is 12.9 Å². The Morgan fingerprint density at radius 1 is 1.42 bits per heavy atom. The first-order chi connectivity index (χ1) is 9.17. The number of nitrogen functional groups attached to an aromatic ring is 1. The number of nitrogens with zero attached hydrogens (tertiary/aromatic N) is 4. The van der Waals surface area contributed by atoms with Crippen LogP contribution in [-0.2, 0) is 7.05 Å². The fourth-order valence-electron chi connectivity index (χ4n) is 1.75. The molecule has 98 valence electrons. The number of hydrogen-bond acceptors (Lipinski definition) is 7. The molecule has 0 fully saturated rings. The molecule has 19 heavy (non-hydrogen) atoms. The highest BCUT2D eigenvalue weighted by molar-refractivity contribution is 7.99. The molecule has 3 rings (SSSR count). The van der Waals surface area contributed by atoms with Crippen LogP contribution in [0, 0.1) is 6.92 Å². The van der Waals surface area contributed by atoms with Crippen molar-refractivity contribution in [3.8, 4) is 0 Å². The summed E-state index contributed by atoms with van der Waals surface area (Å²) in [6.07, 6.45) is 0. The Labute approximate surface area is 118 Å². The lowest BCUT2D eigenvalue weighted by atomic mass is 10.4. The van der Waals surface area contributed by atoms with Gasteiger partial charge in [-0.1, -0.05) is 0 Å². The SMILES string of the molecule is Cc1cc(Sc2nc(NN)nc3sccc23)n(C)n1. The van der Waals surface area contributed by atoms with Crippen LogP contribution in [0.5, 0.6) is 0 Å². The molecule has 0 aliphatic rings. The van der Waals surface area contributed by atoms with E-state index in [1.165, 1.54) is 0 Å². The Kier molecular flexibility index (Phi) is 3.13. The van der Waals surface area contributed by atoms with E-state index in [4.69, 9.17) is 5.84 Å². The number of hydrazine groups is 1. The van der Waals surface area contributed by atoms with E-state index >= 15 is 0 Å². The zero-order chi connectivity index (χ0) is 13.4. The van der Waals surface area contributed by atoms with Crippen molar-refractivity contribution >= 4 is 39.3 Å². The van der Waals surface area contributed by atoms with E-state index in [0.29, 0.717) is 5.95 Å². The van der Waals surface area contributed by atoms with Gasteiger partial charge in [0, 0.05) is 12.4 Å². The van der Waals surface area contributed by atoms with Crippen LogP contribution in [0.1, 0.15) is 5.69 Å². The number of rotatable bonds is 3. The third-order valence-corrected chi connectivity index (χ3v) is 4.48. The van der Waals surface area contributed by atoms with Gasteiger partial charge < -0.3 is 0 Å². The molecule has 0 bridgehead atoms. The van der Waals surface area contributed by atoms with Crippen LogP contribution < -0.4 is 11.3 Å². The Hall–Kier alpha value is -1.64. The van der Waals surface area contributed by atoms with E-state index in [1.54, 1.807) is 23.1 Å². The summed E-state index contributed by atoms with van der Waals surface area (Å²) >= 11 is 3.13. The van der Waals surface area contributed by atoms with Gasteiger partial charge in [-0.25, -0.2) is 15.8 Å². The number of nitrogens with one attached hydrogen (secondary N) is 1. The molecule has 0 saturated carbocycles. The molecule has 0 saturated heterocycles. The number of fused-ring (bicyclic) bond motifs is 1. The Bertz CT molecular complexity index is 732. The number of aromatic nitrogens is 4. The van der Waals surface area contributed by atoms with Crippen molar-refractivity contribution in [1.82, 2.24) is 19.7 Å². The largest absolute Gasteiger partial charge is 0.292 e. The number of aryl methyl sites for hydroxylation is 2. The van der Waals surface area contributed by atoms with Gasteiger partial charge in [0.25, 0.3) is 0 Å². The Morgan fingerprint density at radius 2 is 2.26 bits per heavy atom. The van der Waals surface area contributed by atoms with Crippen LogP contribution in [0.3, 0.4) is 0 Å². The first-order valence-corrected chi connectivity index (χ1v) is 7.27. The van der Waals surface area contributed by atoms with Gasteiger partial charge in [-0.3, -0.25) is 10.1 Å². The monoisotopic (exact) mass is 292 g/mol. The molecular weight excluding hydrogens is 280 g/mol. The minimum atomic E-state index is 0.427. The van der Waals surface area contributed by atoms with Crippen LogP contribution in [0.4, 0.5) is 5.95 Å². The fraction of sp³-hybridized carbons (Fsp3) is 0.182. The molecule has 3 N–H and O–H groups in total. The van der Waals surface area contributed by atoms with Gasteiger partial charge in [0.15, 0.2) is 0 Å². The highest BCUT2D eigenvalue weighted by Gasteiger charge is 2.12. The molecule has 0 aromatic carbocycles. The van der Waals surface area contributed by atoms with Crippen molar-refractivity contribution in [2.45, 2.75) is 17.0 Å². The molecule has 3 aromatic rings. The van der Waals surface area contributed by atoms with Crippen molar-refractivity contribution in [3.05, 3.63) is 23.2 Å². The predicted octanol–water partition coefficient (Wildman–Crippen LogP) is 2.17. The molecular formula is C11H12N6S2. The lowest BCUT2D eigenvalue weighted by molar-refractivity contribution is 0.692. The molecule has 6 nitrogen and oxygen atoms in total. The zero-order valence-electron chi connectivity index (χ0n) is 10.4. The van der Waals surface area contributed by atoms with Gasteiger partial charge in [0.05, 0.1) is 5.69 Å². The summed E-state index contributed by atoms with van der Waals surface area (Å²) in [7, 11) is 1.92. The molecule has 0 atom stereocenters. The highest BCUT2D eigenvalue weighted by Crippen LogP contribution is 2.34. The third kappa shape index (κ3) is 2.29. The lowest BCUT2D eigenvalue weighted by Gasteiger charge is -2.05. The van der Waals surface area contributed by atoms with Crippen LogP contribution in [-0.4, -0.2) is 19.7 Å². The van der Waals surface area contributed by atoms with Gasteiger partial charge in [0.1, 0.15) is 14.9 Å². The molecule has 0 spiro atoms. The summed E-state index contributed by atoms with van der Waals surface area (Å²) in [5.41, 5.74) is 3.49. The highest BCUT2D eigenvalue weighted by atomic mass is 32.2. The lowest BCUT2D eigenvalue weighted by Crippen LogP contribution is -2.10. The van der Waals surface area contributed by atoms with Crippen molar-refractivity contribution < 1.29 is 0 Å². The Balaban J connectivity index is 2.08. The van der Waals surface area contributed by atoms with E-state index < -0.39 is 0 Å². The van der Waals surface area contributed by atoms with Gasteiger partial charge in [-0.2, -0.15) is 5.10 Å². The zero-order valence-corrected chi connectivity index (χ0v) is 12.0. The summed E-state index contributed by atoms with van der Waals surface area (Å²) in [4.78, 5) is 9.66. The first-order valence-electron chi connectivity index (χ1n) is 5.57. The second kappa shape index (κ2) is 4.80. The average molecular weight is 292 g/mol. The summed E-state index contributed by atoms with van der Waals surface area (Å²) in [5, 5.41) is 9.28. The van der Waals surface area contributed by atoms with Gasteiger partial charge in [-0.05, 0) is 36.2 Å². The maximum absolute atomic E-state index is 5.41. The summed E-state index contributed by atoms with van der Waals surface area (Å²) < 4.78 is 1.84. The van der Waals surface area contributed by atoms with Crippen molar-refractivity contribution in [2.75, 3.05) is 5.43 Å². The average Bonchev–Trinajstić information content (AvgIpc) is 2.96. The van der Waals surface area contributed by atoms with E-state index in [0.717, 1.165) is 26.0 Å². The molecule has 0 amide bonds. The minimum absolute atomic E-state index is 0.427. The number of hydrogen-bond donors (Lipinski definition) is 2. The predicted molar refractivity (Wildman–Crippen MR) is 77.3 cm³/mol. The molecule has 0 radical (unpaired) electrons. The second-order valence-electron chi connectivity index (χ2n) is 3.99. The molecule has 0 unspecified atom stereocenters. The molecule has 8 heteroatoms. The normalized spacial score (nSPS) is 11.1. The summed E-state index contributed by atoms with van der Waals surface area (Å²) in [6, 6.07) is 4.05. The summed E-state index contributed by atoms with van der Waals surface area (Å²) in [5.74, 6) is 5.84. The van der Waals surface area contributed by atoms with Gasteiger partial charge >= 0.3 is 0 Å². The molecule has 3 heterocycles. The van der Waals surface area contributed by atoms with Crippen molar-refractivity contribution in [3.63, 3.8) is 0 Å². The first kappa shape index (κ1) is 12.4. The van der Waals surface area contributed by atoms with E-state index in [2.05, 4.69) is 20.5 Å². The van der Waals surface area contributed by atoms with Crippen LogP contribution >= 0.6 is 23.1 Å². The van der Waals surface area contributed by atoms with E-state index in [9.17, 15) is 0 Å². The van der Waals surface area contributed by atoms with E-state index in [1.807, 2.05) is 36.2 Å². The van der Waals surface area contributed by atoms with Gasteiger partial charge in [0.2, 0.25) is 5.95 Å². The molecule has 3 aromatic heterocycles. The number of thiophene rings is 1. The number of anilines is 1. The number of nitrogens with two attached hydrogens (primary N) is 1. The molecule has 0 aliphatic carbocycles. The van der Waals surface area contributed by atoms with E-state index in [-0.39, 0.29) is 0 Å². The van der Waals surface area contributed by atoms with Crippen LogP contribution in [0.25, 0.3) is 10.2 Å². The fourth-order valence-corrected chi connectivity index (χ4v) is 3.59. The van der Waals surface area contributed by atoms with Crippen LogP contribution in [0.2, 0.25) is 0 Å². The quantitative estimate of drug-likeness (QED) is 0.437. The maximum atomic E-state index is 5.41.